The Bertz CT molecular complexity index is 756. The van der Waals surface area contributed by atoms with Crippen LogP contribution in [-0.4, -0.2) is 22.1 Å². The Morgan fingerprint density at radius 1 is 1.05 bits per heavy atom. The van der Waals surface area contributed by atoms with Gasteiger partial charge in [-0.2, -0.15) is 9.97 Å². The number of nitrogens with zero attached hydrogens (tertiary/aromatic N) is 3. The van der Waals surface area contributed by atoms with Crippen LogP contribution in [0.4, 0.5) is 5.95 Å². The second kappa shape index (κ2) is 5.00. The second-order valence-corrected chi connectivity index (χ2v) is 4.04. The molecule has 100 valence electrons. The molecule has 0 bridgehead atoms. The molecular formula is C14H12N4O2. The summed E-state index contributed by atoms with van der Waals surface area (Å²) in [4.78, 5) is 12.2. The average Bonchev–Trinajstić information content (AvgIpc) is 2.47. The van der Waals surface area contributed by atoms with Gasteiger partial charge in [0, 0.05) is 11.6 Å². The number of ether oxygens (including phenoxy) is 2. The van der Waals surface area contributed by atoms with Crippen LogP contribution in [0.3, 0.4) is 0 Å². The van der Waals surface area contributed by atoms with Crippen molar-refractivity contribution in [2.24, 2.45) is 0 Å². The third kappa shape index (κ3) is 2.31. The van der Waals surface area contributed by atoms with Crippen molar-refractivity contribution in [2.75, 3.05) is 12.8 Å². The highest BCUT2D eigenvalue weighted by molar-refractivity contribution is 5.84. The highest BCUT2D eigenvalue weighted by Crippen LogP contribution is 2.28. The predicted molar refractivity (Wildman–Crippen MR) is 74.8 cm³/mol. The summed E-state index contributed by atoms with van der Waals surface area (Å²) in [6, 6.07) is 11.1. The Kier molecular flexibility index (Phi) is 3.04. The van der Waals surface area contributed by atoms with Gasteiger partial charge in [0.1, 0.15) is 5.52 Å². The Labute approximate surface area is 115 Å². The van der Waals surface area contributed by atoms with Gasteiger partial charge in [-0.25, -0.2) is 0 Å². The Balaban J connectivity index is 2.03. The monoisotopic (exact) mass is 268 g/mol. The number of benzene rings is 1. The molecule has 0 saturated heterocycles. The molecule has 0 saturated carbocycles. The zero-order valence-electron chi connectivity index (χ0n) is 10.8. The smallest absolute Gasteiger partial charge is 0.228 e. The van der Waals surface area contributed by atoms with E-state index in [1.54, 1.807) is 12.3 Å². The molecule has 0 unspecified atom stereocenters. The zero-order valence-corrected chi connectivity index (χ0v) is 10.8. The first-order valence-electron chi connectivity index (χ1n) is 5.96. The van der Waals surface area contributed by atoms with E-state index in [1.807, 2.05) is 30.3 Å². The van der Waals surface area contributed by atoms with Crippen molar-refractivity contribution in [3.8, 4) is 17.5 Å². The van der Waals surface area contributed by atoms with E-state index in [0.29, 0.717) is 17.5 Å². The van der Waals surface area contributed by atoms with Crippen molar-refractivity contribution in [2.45, 2.75) is 0 Å². The van der Waals surface area contributed by atoms with Gasteiger partial charge in [-0.05, 0) is 12.1 Å². The fourth-order valence-corrected chi connectivity index (χ4v) is 1.85. The molecule has 0 aliphatic carbocycles. The number of rotatable bonds is 3. The summed E-state index contributed by atoms with van der Waals surface area (Å²) in [5.41, 5.74) is 6.36. The molecule has 2 aromatic heterocycles. The molecule has 3 rings (SSSR count). The first-order chi connectivity index (χ1) is 9.76. The van der Waals surface area contributed by atoms with Gasteiger partial charge in [-0.1, -0.05) is 18.2 Å². The molecule has 0 spiro atoms. The number of nitrogen functional groups attached to an aromatic ring is 1. The van der Waals surface area contributed by atoms with Crippen LogP contribution in [0.25, 0.3) is 10.9 Å². The molecular weight excluding hydrogens is 256 g/mol. The molecule has 0 aliphatic heterocycles. The molecule has 0 atom stereocenters. The lowest BCUT2D eigenvalue weighted by atomic mass is 10.2. The fraction of sp³-hybridized carbons (Fsp3) is 0.0714. The lowest BCUT2D eigenvalue weighted by Crippen LogP contribution is -1.99. The fourth-order valence-electron chi connectivity index (χ4n) is 1.85. The van der Waals surface area contributed by atoms with Crippen LogP contribution in [0.1, 0.15) is 0 Å². The van der Waals surface area contributed by atoms with Gasteiger partial charge in [0.05, 0.1) is 13.2 Å². The summed E-state index contributed by atoms with van der Waals surface area (Å²) in [6.07, 6.45) is 1.71. The van der Waals surface area contributed by atoms with Crippen LogP contribution in [0.5, 0.6) is 17.5 Å². The van der Waals surface area contributed by atoms with Crippen LogP contribution in [0.2, 0.25) is 0 Å². The van der Waals surface area contributed by atoms with Gasteiger partial charge in [0.2, 0.25) is 17.7 Å². The molecule has 2 N–H and O–H groups in total. The SMILES string of the molecule is COc1cc(Oc2cccc3cccnc23)nc(N)n1. The highest BCUT2D eigenvalue weighted by atomic mass is 16.5. The van der Waals surface area contributed by atoms with E-state index in [4.69, 9.17) is 15.2 Å². The number of pyridine rings is 1. The lowest BCUT2D eigenvalue weighted by molar-refractivity contribution is 0.389. The number of hydrogen-bond donors (Lipinski definition) is 1. The molecule has 0 aliphatic rings. The van der Waals surface area contributed by atoms with Crippen LogP contribution < -0.4 is 15.2 Å². The van der Waals surface area contributed by atoms with Gasteiger partial charge in [0.25, 0.3) is 0 Å². The number of methoxy groups -OCH3 is 1. The zero-order chi connectivity index (χ0) is 13.9. The maximum atomic E-state index is 5.74. The summed E-state index contributed by atoms with van der Waals surface area (Å²) in [7, 11) is 1.50. The number of nitrogens with two attached hydrogens (primary N) is 1. The summed E-state index contributed by atoms with van der Waals surface area (Å²) in [5, 5.41) is 0.985. The summed E-state index contributed by atoms with van der Waals surface area (Å²) >= 11 is 0. The Hall–Kier alpha value is -2.89. The van der Waals surface area contributed by atoms with Crippen molar-refractivity contribution >= 4 is 16.9 Å². The predicted octanol–water partition coefficient (Wildman–Crippen LogP) is 2.41. The topological polar surface area (TPSA) is 83.2 Å². The Morgan fingerprint density at radius 3 is 2.70 bits per heavy atom. The third-order valence-corrected chi connectivity index (χ3v) is 2.72. The number of fused-ring (bicyclic) bond motifs is 1. The number of hydrogen-bond acceptors (Lipinski definition) is 6. The van der Waals surface area contributed by atoms with Gasteiger partial charge in [0.15, 0.2) is 5.75 Å². The summed E-state index contributed by atoms with van der Waals surface area (Å²) in [5.74, 6) is 1.35. The summed E-state index contributed by atoms with van der Waals surface area (Å²) < 4.78 is 10.8. The summed E-state index contributed by atoms with van der Waals surface area (Å²) in [6.45, 7) is 0. The third-order valence-electron chi connectivity index (χ3n) is 2.72. The van der Waals surface area contributed by atoms with Crippen LogP contribution in [-0.2, 0) is 0 Å². The molecule has 0 fully saturated rings. The highest BCUT2D eigenvalue weighted by Gasteiger charge is 2.08. The van der Waals surface area contributed by atoms with E-state index in [0.717, 1.165) is 10.9 Å². The molecule has 20 heavy (non-hydrogen) atoms. The van der Waals surface area contributed by atoms with Crippen molar-refractivity contribution in [1.29, 1.82) is 0 Å². The second-order valence-electron chi connectivity index (χ2n) is 4.04. The molecule has 2 heterocycles. The number of para-hydroxylation sites is 1. The lowest BCUT2D eigenvalue weighted by Gasteiger charge is -2.08. The maximum Gasteiger partial charge on any atom is 0.228 e. The largest absolute Gasteiger partial charge is 0.481 e. The molecule has 0 amide bonds. The van der Waals surface area contributed by atoms with Crippen LogP contribution in [0, 0.1) is 0 Å². The van der Waals surface area contributed by atoms with Crippen molar-refractivity contribution in [1.82, 2.24) is 15.0 Å². The molecule has 6 heteroatoms. The first kappa shape index (κ1) is 12.2. The van der Waals surface area contributed by atoms with E-state index in [-0.39, 0.29) is 5.95 Å². The molecule has 6 nitrogen and oxygen atoms in total. The van der Waals surface area contributed by atoms with E-state index in [9.17, 15) is 0 Å². The maximum absolute atomic E-state index is 5.74. The molecule has 0 radical (unpaired) electrons. The van der Waals surface area contributed by atoms with Gasteiger partial charge >= 0.3 is 0 Å². The van der Waals surface area contributed by atoms with Crippen LogP contribution >= 0.6 is 0 Å². The van der Waals surface area contributed by atoms with E-state index < -0.39 is 0 Å². The molecule has 1 aromatic carbocycles. The van der Waals surface area contributed by atoms with E-state index >= 15 is 0 Å². The van der Waals surface area contributed by atoms with Gasteiger partial charge in [-0.15, -0.1) is 0 Å². The van der Waals surface area contributed by atoms with Crippen molar-refractivity contribution in [3.05, 3.63) is 42.6 Å². The molecule has 3 aromatic rings. The van der Waals surface area contributed by atoms with Gasteiger partial charge in [-0.3, -0.25) is 4.98 Å². The minimum atomic E-state index is 0.0903. The average molecular weight is 268 g/mol. The standard InChI is InChI=1S/C14H12N4O2/c1-19-11-8-12(18-14(15)17-11)20-10-6-2-4-9-5-3-7-16-13(9)10/h2-8H,1H3,(H2,15,17,18). The first-order valence-corrected chi connectivity index (χ1v) is 5.96. The van der Waals surface area contributed by atoms with Crippen molar-refractivity contribution < 1.29 is 9.47 Å². The van der Waals surface area contributed by atoms with E-state index in [1.165, 1.54) is 7.11 Å². The number of aromatic nitrogens is 3. The minimum Gasteiger partial charge on any atom is -0.481 e. The van der Waals surface area contributed by atoms with Crippen LogP contribution in [0.15, 0.2) is 42.6 Å². The minimum absolute atomic E-state index is 0.0903. The van der Waals surface area contributed by atoms with E-state index in [2.05, 4.69) is 15.0 Å². The number of anilines is 1. The normalized spacial score (nSPS) is 10.4. The van der Waals surface area contributed by atoms with Crippen molar-refractivity contribution in [3.63, 3.8) is 0 Å². The van der Waals surface area contributed by atoms with Gasteiger partial charge < -0.3 is 15.2 Å². The Morgan fingerprint density at radius 2 is 1.85 bits per heavy atom. The quantitative estimate of drug-likeness (QED) is 0.785.